The van der Waals surface area contributed by atoms with Gasteiger partial charge in [0, 0.05) is 6.07 Å². The van der Waals surface area contributed by atoms with Crippen molar-refractivity contribution in [2.24, 2.45) is 0 Å². The Morgan fingerprint density at radius 1 is 1.45 bits per heavy atom. The second kappa shape index (κ2) is 5.89. The summed E-state index contributed by atoms with van der Waals surface area (Å²) in [6, 6.07) is 10.8. The van der Waals surface area contributed by atoms with Gasteiger partial charge in [0.05, 0.1) is 24.8 Å². The maximum absolute atomic E-state index is 11.6. The molecule has 0 aliphatic rings. The Bertz CT molecular complexity index is 653. The van der Waals surface area contributed by atoms with Crippen molar-refractivity contribution in [2.75, 3.05) is 12.3 Å². The molecule has 6 nitrogen and oxygen atoms in total. The molecular weight excluding hydrogens is 256 g/mol. The van der Waals surface area contributed by atoms with E-state index in [-0.39, 0.29) is 12.3 Å². The largest absolute Gasteiger partial charge is 0.461 e. The summed E-state index contributed by atoms with van der Waals surface area (Å²) in [5.41, 5.74) is 7.65. The number of nitrogens with two attached hydrogens (primary N) is 1. The van der Waals surface area contributed by atoms with Gasteiger partial charge in [-0.15, -0.1) is 0 Å². The minimum atomic E-state index is -0.501. The second-order valence-corrected chi connectivity index (χ2v) is 4.09. The van der Waals surface area contributed by atoms with E-state index >= 15 is 0 Å². The van der Waals surface area contributed by atoms with Crippen molar-refractivity contribution < 1.29 is 9.53 Å². The molecule has 0 spiro atoms. The van der Waals surface area contributed by atoms with E-state index in [2.05, 4.69) is 11.2 Å². The molecule has 0 saturated carbocycles. The van der Waals surface area contributed by atoms with E-state index in [9.17, 15) is 4.79 Å². The van der Waals surface area contributed by atoms with E-state index in [1.54, 1.807) is 19.1 Å². The lowest BCUT2D eigenvalue weighted by Gasteiger charge is -2.04. The van der Waals surface area contributed by atoms with Gasteiger partial charge in [0.15, 0.2) is 5.69 Å². The van der Waals surface area contributed by atoms with Gasteiger partial charge in [0.2, 0.25) is 0 Å². The van der Waals surface area contributed by atoms with Gasteiger partial charge in [0.1, 0.15) is 5.82 Å². The third-order valence-corrected chi connectivity index (χ3v) is 2.69. The average molecular weight is 270 g/mol. The van der Waals surface area contributed by atoms with Gasteiger partial charge in [-0.3, -0.25) is 0 Å². The molecule has 0 amide bonds. The number of nitrogen functional groups attached to an aromatic ring is 1. The SMILES string of the molecule is CCOC(=O)c1cc(N)n(-c2ccc(CC#N)cc2)n1. The fraction of sp³-hybridized carbons (Fsp3) is 0.214. The van der Waals surface area contributed by atoms with Crippen LogP contribution in [0.4, 0.5) is 5.82 Å². The number of carbonyl (C=O) groups is 1. The van der Waals surface area contributed by atoms with Gasteiger partial charge in [-0.1, -0.05) is 12.1 Å². The maximum atomic E-state index is 11.6. The molecule has 0 aliphatic carbocycles. The summed E-state index contributed by atoms with van der Waals surface area (Å²) in [5, 5.41) is 12.8. The third-order valence-electron chi connectivity index (χ3n) is 2.69. The first kappa shape index (κ1) is 13.6. The number of ether oxygens (including phenoxy) is 1. The molecule has 1 aromatic carbocycles. The average Bonchev–Trinajstić information content (AvgIpc) is 2.83. The first-order valence-electron chi connectivity index (χ1n) is 6.14. The first-order valence-corrected chi connectivity index (χ1v) is 6.14. The Hall–Kier alpha value is -2.81. The van der Waals surface area contributed by atoms with Crippen LogP contribution in [-0.4, -0.2) is 22.4 Å². The van der Waals surface area contributed by atoms with E-state index in [4.69, 9.17) is 15.7 Å². The van der Waals surface area contributed by atoms with Gasteiger partial charge in [-0.05, 0) is 24.6 Å². The molecule has 0 aliphatic heterocycles. The second-order valence-electron chi connectivity index (χ2n) is 4.09. The van der Waals surface area contributed by atoms with E-state index in [0.717, 1.165) is 11.3 Å². The molecule has 6 heteroatoms. The molecular formula is C14H14N4O2. The van der Waals surface area contributed by atoms with Gasteiger partial charge < -0.3 is 10.5 Å². The number of hydrogen-bond donors (Lipinski definition) is 1. The number of benzene rings is 1. The Morgan fingerprint density at radius 2 is 2.15 bits per heavy atom. The smallest absolute Gasteiger partial charge is 0.358 e. The highest BCUT2D eigenvalue weighted by Gasteiger charge is 2.14. The highest BCUT2D eigenvalue weighted by molar-refractivity contribution is 5.88. The molecule has 2 rings (SSSR count). The van der Waals surface area contributed by atoms with Crippen LogP contribution in [0.5, 0.6) is 0 Å². The Kier molecular flexibility index (Phi) is 4.01. The number of hydrogen-bond acceptors (Lipinski definition) is 5. The van der Waals surface area contributed by atoms with E-state index in [1.165, 1.54) is 10.7 Å². The maximum Gasteiger partial charge on any atom is 0.358 e. The highest BCUT2D eigenvalue weighted by atomic mass is 16.5. The number of carbonyl (C=O) groups excluding carboxylic acids is 1. The van der Waals surface area contributed by atoms with Crippen LogP contribution in [0.2, 0.25) is 0 Å². The molecule has 2 aromatic rings. The molecule has 2 N–H and O–H groups in total. The molecule has 0 atom stereocenters. The van der Waals surface area contributed by atoms with Crippen LogP contribution in [-0.2, 0) is 11.2 Å². The van der Waals surface area contributed by atoms with Crippen molar-refractivity contribution >= 4 is 11.8 Å². The summed E-state index contributed by atoms with van der Waals surface area (Å²) in [6.45, 7) is 2.01. The van der Waals surface area contributed by atoms with Gasteiger partial charge in [0.25, 0.3) is 0 Å². The van der Waals surface area contributed by atoms with Crippen LogP contribution in [0.15, 0.2) is 30.3 Å². The number of esters is 1. The van der Waals surface area contributed by atoms with Crippen LogP contribution in [0.1, 0.15) is 23.0 Å². The third kappa shape index (κ3) is 2.78. The summed E-state index contributed by atoms with van der Waals surface area (Å²) in [7, 11) is 0. The number of anilines is 1. The molecule has 0 saturated heterocycles. The van der Waals surface area contributed by atoms with Crippen molar-refractivity contribution in [3.63, 3.8) is 0 Å². The fourth-order valence-corrected chi connectivity index (χ4v) is 1.75. The van der Waals surface area contributed by atoms with E-state index < -0.39 is 5.97 Å². The van der Waals surface area contributed by atoms with Gasteiger partial charge >= 0.3 is 5.97 Å². The molecule has 1 heterocycles. The van der Waals surface area contributed by atoms with Crippen LogP contribution in [0, 0.1) is 11.3 Å². The number of rotatable bonds is 4. The monoisotopic (exact) mass is 270 g/mol. The molecule has 0 radical (unpaired) electrons. The van der Waals surface area contributed by atoms with Crippen LogP contribution < -0.4 is 5.73 Å². The normalized spacial score (nSPS) is 10.0. The highest BCUT2D eigenvalue weighted by Crippen LogP contribution is 2.16. The summed E-state index contributed by atoms with van der Waals surface area (Å²) < 4.78 is 6.34. The molecule has 1 aromatic heterocycles. The molecule has 0 bridgehead atoms. The van der Waals surface area contributed by atoms with Crippen molar-refractivity contribution in [3.8, 4) is 11.8 Å². The number of nitriles is 1. The predicted octanol–water partition coefficient (Wildman–Crippen LogP) is 1.70. The fourth-order valence-electron chi connectivity index (χ4n) is 1.75. The predicted molar refractivity (Wildman–Crippen MR) is 73.2 cm³/mol. The van der Waals surface area contributed by atoms with Crippen molar-refractivity contribution in [3.05, 3.63) is 41.6 Å². The van der Waals surface area contributed by atoms with Crippen LogP contribution >= 0.6 is 0 Å². The molecule has 102 valence electrons. The van der Waals surface area contributed by atoms with Crippen molar-refractivity contribution in [1.82, 2.24) is 9.78 Å². The Labute approximate surface area is 116 Å². The van der Waals surface area contributed by atoms with Crippen molar-refractivity contribution in [2.45, 2.75) is 13.3 Å². The summed E-state index contributed by atoms with van der Waals surface area (Å²) in [5.74, 6) is -0.153. The summed E-state index contributed by atoms with van der Waals surface area (Å²) >= 11 is 0. The van der Waals surface area contributed by atoms with Crippen LogP contribution in [0.25, 0.3) is 5.69 Å². The standard InChI is InChI=1S/C14H14N4O2/c1-2-20-14(19)12-9-13(16)18(17-12)11-5-3-10(4-6-11)7-8-15/h3-6,9H,2,7,16H2,1H3. The lowest BCUT2D eigenvalue weighted by Crippen LogP contribution is -2.07. The Balaban J connectivity index is 2.29. The quantitative estimate of drug-likeness (QED) is 0.853. The molecule has 0 unspecified atom stereocenters. The lowest BCUT2D eigenvalue weighted by molar-refractivity contribution is 0.0519. The zero-order chi connectivity index (χ0) is 14.5. The number of aromatic nitrogens is 2. The molecule has 20 heavy (non-hydrogen) atoms. The number of nitrogens with zero attached hydrogens (tertiary/aromatic N) is 3. The van der Waals surface area contributed by atoms with E-state index in [1.807, 2.05) is 12.1 Å². The lowest BCUT2D eigenvalue weighted by atomic mass is 10.1. The van der Waals surface area contributed by atoms with E-state index in [0.29, 0.717) is 12.2 Å². The first-order chi connectivity index (χ1) is 9.65. The van der Waals surface area contributed by atoms with Gasteiger partial charge in [-0.2, -0.15) is 10.4 Å². The Morgan fingerprint density at radius 3 is 2.75 bits per heavy atom. The minimum Gasteiger partial charge on any atom is -0.461 e. The summed E-state index contributed by atoms with van der Waals surface area (Å²) in [6.07, 6.45) is 0.350. The van der Waals surface area contributed by atoms with Crippen molar-refractivity contribution in [1.29, 1.82) is 5.26 Å². The zero-order valence-corrected chi connectivity index (χ0v) is 11.0. The summed E-state index contributed by atoms with van der Waals surface area (Å²) in [4.78, 5) is 11.6. The minimum absolute atomic E-state index is 0.172. The van der Waals surface area contributed by atoms with Crippen LogP contribution in [0.3, 0.4) is 0 Å². The van der Waals surface area contributed by atoms with Gasteiger partial charge in [-0.25, -0.2) is 9.48 Å². The molecule has 0 fully saturated rings. The zero-order valence-electron chi connectivity index (χ0n) is 11.0. The topological polar surface area (TPSA) is 93.9 Å².